The molecule has 0 bridgehead atoms. The highest BCUT2D eigenvalue weighted by molar-refractivity contribution is 5.92. The van der Waals surface area contributed by atoms with Crippen LogP contribution in [0, 0.1) is 5.92 Å². The highest BCUT2D eigenvalue weighted by atomic mass is 16.1. The SMILES string of the molecule is CC1CN(C2CCCCC2)CCC1(C)c1cccc(C(N)=O)c1. The molecule has 23 heavy (non-hydrogen) atoms. The first-order chi connectivity index (χ1) is 11.0. The Morgan fingerprint density at radius 2 is 2.00 bits per heavy atom. The standard InChI is InChI=1S/C20H30N2O/c1-15-14-22(18-9-4-3-5-10-18)12-11-20(15,2)17-8-6-7-16(13-17)19(21)23/h6-8,13,15,18H,3-5,9-12,14H2,1-2H3,(H2,21,23). The lowest BCUT2D eigenvalue weighted by Gasteiger charge is -2.48. The van der Waals surface area contributed by atoms with Crippen LogP contribution in [0.5, 0.6) is 0 Å². The van der Waals surface area contributed by atoms with E-state index in [9.17, 15) is 4.79 Å². The first kappa shape index (κ1) is 16.5. The Balaban J connectivity index is 1.75. The summed E-state index contributed by atoms with van der Waals surface area (Å²) in [5.41, 5.74) is 7.50. The molecule has 1 heterocycles. The molecule has 1 aliphatic heterocycles. The normalized spacial score (nSPS) is 30.3. The molecule has 2 N–H and O–H groups in total. The summed E-state index contributed by atoms with van der Waals surface area (Å²) in [6, 6.07) is 8.76. The number of piperidine rings is 1. The average molecular weight is 314 g/mol. The largest absolute Gasteiger partial charge is 0.366 e. The number of hydrogen-bond acceptors (Lipinski definition) is 2. The van der Waals surface area contributed by atoms with E-state index in [1.807, 2.05) is 18.2 Å². The maximum Gasteiger partial charge on any atom is 0.248 e. The van der Waals surface area contributed by atoms with E-state index in [0.717, 1.165) is 12.5 Å². The van der Waals surface area contributed by atoms with Gasteiger partial charge in [0.25, 0.3) is 0 Å². The van der Waals surface area contributed by atoms with E-state index >= 15 is 0 Å². The zero-order chi connectivity index (χ0) is 16.4. The van der Waals surface area contributed by atoms with Gasteiger partial charge in [0.1, 0.15) is 0 Å². The van der Waals surface area contributed by atoms with Crippen LogP contribution in [0.1, 0.15) is 68.3 Å². The molecule has 1 aromatic carbocycles. The lowest BCUT2D eigenvalue weighted by molar-refractivity contribution is 0.0593. The zero-order valence-corrected chi connectivity index (χ0v) is 14.6. The maximum absolute atomic E-state index is 11.5. The Morgan fingerprint density at radius 1 is 1.26 bits per heavy atom. The summed E-state index contributed by atoms with van der Waals surface area (Å²) >= 11 is 0. The number of benzene rings is 1. The molecule has 3 heteroatoms. The van der Waals surface area contributed by atoms with E-state index in [0.29, 0.717) is 11.5 Å². The van der Waals surface area contributed by atoms with Gasteiger partial charge in [-0.1, -0.05) is 45.2 Å². The fraction of sp³-hybridized carbons (Fsp3) is 0.650. The molecule has 1 amide bonds. The topological polar surface area (TPSA) is 46.3 Å². The van der Waals surface area contributed by atoms with Crippen LogP contribution in [0.4, 0.5) is 0 Å². The fourth-order valence-electron chi connectivity index (χ4n) is 4.50. The highest BCUT2D eigenvalue weighted by Gasteiger charge is 2.39. The number of primary amides is 1. The zero-order valence-electron chi connectivity index (χ0n) is 14.6. The summed E-state index contributed by atoms with van der Waals surface area (Å²) in [5, 5.41) is 0. The van der Waals surface area contributed by atoms with Gasteiger partial charge in [-0.3, -0.25) is 4.79 Å². The first-order valence-corrected chi connectivity index (χ1v) is 9.15. The molecule has 3 nitrogen and oxygen atoms in total. The minimum absolute atomic E-state index is 0.136. The van der Waals surface area contributed by atoms with Gasteiger partial charge in [-0.25, -0.2) is 0 Å². The highest BCUT2D eigenvalue weighted by Crippen LogP contribution is 2.41. The molecule has 0 spiro atoms. The average Bonchev–Trinajstić information content (AvgIpc) is 2.58. The summed E-state index contributed by atoms with van der Waals surface area (Å²) < 4.78 is 0. The van der Waals surface area contributed by atoms with Gasteiger partial charge in [0.15, 0.2) is 0 Å². The first-order valence-electron chi connectivity index (χ1n) is 9.15. The second-order valence-corrected chi connectivity index (χ2v) is 7.80. The number of hydrogen-bond donors (Lipinski definition) is 1. The smallest absolute Gasteiger partial charge is 0.248 e. The van der Waals surface area contributed by atoms with Gasteiger partial charge in [-0.15, -0.1) is 0 Å². The van der Waals surface area contributed by atoms with Gasteiger partial charge in [0.2, 0.25) is 5.91 Å². The van der Waals surface area contributed by atoms with Gasteiger partial charge in [-0.2, -0.15) is 0 Å². The van der Waals surface area contributed by atoms with Crippen LogP contribution < -0.4 is 5.73 Å². The van der Waals surface area contributed by atoms with Crippen molar-refractivity contribution in [1.82, 2.24) is 4.90 Å². The van der Waals surface area contributed by atoms with Gasteiger partial charge < -0.3 is 10.6 Å². The molecule has 0 aromatic heterocycles. The number of carbonyl (C=O) groups is 1. The predicted octanol–water partition coefficient (Wildman–Crippen LogP) is 3.72. The minimum Gasteiger partial charge on any atom is -0.366 e. The number of carbonyl (C=O) groups excluding carboxylic acids is 1. The third-order valence-corrected chi connectivity index (χ3v) is 6.41. The third-order valence-electron chi connectivity index (χ3n) is 6.41. The molecule has 1 aromatic rings. The van der Waals surface area contributed by atoms with Crippen molar-refractivity contribution in [3.8, 4) is 0 Å². The quantitative estimate of drug-likeness (QED) is 0.924. The van der Waals surface area contributed by atoms with Crippen molar-refractivity contribution in [2.75, 3.05) is 13.1 Å². The minimum atomic E-state index is -0.331. The van der Waals surface area contributed by atoms with Crippen molar-refractivity contribution in [2.45, 2.75) is 63.8 Å². The Kier molecular flexibility index (Phi) is 4.77. The van der Waals surface area contributed by atoms with Crippen molar-refractivity contribution >= 4 is 5.91 Å². The summed E-state index contributed by atoms with van der Waals surface area (Å²) in [4.78, 5) is 14.2. The van der Waals surface area contributed by atoms with Gasteiger partial charge >= 0.3 is 0 Å². The van der Waals surface area contributed by atoms with Gasteiger partial charge in [0, 0.05) is 18.2 Å². The van der Waals surface area contributed by atoms with Crippen LogP contribution in [0.15, 0.2) is 24.3 Å². The van der Waals surface area contributed by atoms with Crippen LogP contribution >= 0.6 is 0 Å². The maximum atomic E-state index is 11.5. The van der Waals surface area contributed by atoms with E-state index < -0.39 is 0 Å². The van der Waals surface area contributed by atoms with E-state index in [1.54, 1.807) is 0 Å². The predicted molar refractivity (Wildman–Crippen MR) is 94.5 cm³/mol. The second kappa shape index (κ2) is 6.64. The van der Waals surface area contributed by atoms with Crippen LogP contribution in [0.2, 0.25) is 0 Å². The van der Waals surface area contributed by atoms with Crippen LogP contribution in [0.25, 0.3) is 0 Å². The summed E-state index contributed by atoms with van der Waals surface area (Å²) in [5.74, 6) is 0.254. The van der Waals surface area contributed by atoms with Crippen molar-refractivity contribution in [3.05, 3.63) is 35.4 Å². The fourth-order valence-corrected chi connectivity index (χ4v) is 4.50. The second-order valence-electron chi connectivity index (χ2n) is 7.80. The molecule has 1 saturated heterocycles. The number of amides is 1. The van der Waals surface area contributed by atoms with Crippen molar-refractivity contribution < 1.29 is 4.79 Å². The molecule has 1 aliphatic carbocycles. The molecule has 2 fully saturated rings. The Bertz CT molecular complexity index is 565. The summed E-state index contributed by atoms with van der Waals surface area (Å²) in [6.45, 7) is 7.07. The Hall–Kier alpha value is -1.35. The molecular weight excluding hydrogens is 284 g/mol. The summed E-state index contributed by atoms with van der Waals surface area (Å²) in [6.07, 6.45) is 8.12. The van der Waals surface area contributed by atoms with Crippen LogP contribution in [0.3, 0.4) is 0 Å². The molecule has 1 saturated carbocycles. The van der Waals surface area contributed by atoms with Crippen molar-refractivity contribution in [1.29, 1.82) is 0 Å². The third kappa shape index (κ3) is 3.30. The van der Waals surface area contributed by atoms with Crippen molar-refractivity contribution in [3.63, 3.8) is 0 Å². The van der Waals surface area contributed by atoms with E-state index in [-0.39, 0.29) is 11.3 Å². The molecular formula is C20H30N2O. The molecule has 126 valence electrons. The molecule has 3 rings (SSSR count). The van der Waals surface area contributed by atoms with Gasteiger partial charge in [0.05, 0.1) is 0 Å². The van der Waals surface area contributed by atoms with Crippen LogP contribution in [-0.4, -0.2) is 29.9 Å². The molecule has 2 aliphatic rings. The summed E-state index contributed by atoms with van der Waals surface area (Å²) in [7, 11) is 0. The number of nitrogens with zero attached hydrogens (tertiary/aromatic N) is 1. The number of rotatable bonds is 3. The van der Waals surface area contributed by atoms with Crippen LogP contribution in [-0.2, 0) is 5.41 Å². The molecule has 2 atom stereocenters. The van der Waals surface area contributed by atoms with E-state index in [4.69, 9.17) is 5.73 Å². The number of likely N-dealkylation sites (tertiary alicyclic amines) is 1. The van der Waals surface area contributed by atoms with Crippen molar-refractivity contribution in [2.24, 2.45) is 11.7 Å². The lowest BCUT2D eigenvalue weighted by atomic mass is 9.67. The monoisotopic (exact) mass is 314 g/mol. The van der Waals surface area contributed by atoms with E-state index in [2.05, 4.69) is 24.8 Å². The lowest BCUT2D eigenvalue weighted by Crippen LogP contribution is -2.51. The van der Waals surface area contributed by atoms with Gasteiger partial charge in [-0.05, 0) is 54.8 Å². The Morgan fingerprint density at radius 3 is 2.65 bits per heavy atom. The number of nitrogens with two attached hydrogens (primary N) is 1. The van der Waals surface area contributed by atoms with E-state index in [1.165, 1.54) is 50.8 Å². The molecule has 2 unspecified atom stereocenters. The molecule has 0 radical (unpaired) electrons. The Labute approximate surface area is 140 Å².